The molecular formula is C31H40N2O5. The molecule has 7 nitrogen and oxygen atoms in total. The molecule has 3 aromatic rings. The Bertz CT molecular complexity index is 1290. The summed E-state index contributed by atoms with van der Waals surface area (Å²) in [5, 5.41) is 0.481. The van der Waals surface area contributed by atoms with Gasteiger partial charge >= 0.3 is 0 Å². The van der Waals surface area contributed by atoms with Crippen LogP contribution in [0.3, 0.4) is 0 Å². The highest BCUT2D eigenvalue weighted by Gasteiger charge is 2.42. The van der Waals surface area contributed by atoms with Gasteiger partial charge in [-0.15, -0.1) is 0 Å². The molecule has 0 radical (unpaired) electrons. The van der Waals surface area contributed by atoms with Crippen molar-refractivity contribution in [2.24, 2.45) is 0 Å². The molecule has 2 heterocycles. The van der Waals surface area contributed by atoms with E-state index in [1.807, 2.05) is 37.3 Å². The SMILES string of the molecule is CCCCN(CCCC)CCCN1C(=O)c2oc3ccccc3c(=O)c2C1c1ccc(OCC)c(OC)c1. The fourth-order valence-corrected chi connectivity index (χ4v) is 5.24. The van der Waals surface area contributed by atoms with Crippen molar-refractivity contribution in [1.29, 1.82) is 0 Å². The van der Waals surface area contributed by atoms with E-state index in [4.69, 9.17) is 13.9 Å². The summed E-state index contributed by atoms with van der Waals surface area (Å²) >= 11 is 0. The minimum atomic E-state index is -0.553. The Labute approximate surface area is 225 Å². The molecule has 0 fully saturated rings. The van der Waals surface area contributed by atoms with Crippen LogP contribution in [0.5, 0.6) is 11.5 Å². The van der Waals surface area contributed by atoms with Crippen molar-refractivity contribution < 1.29 is 18.7 Å². The van der Waals surface area contributed by atoms with Gasteiger partial charge in [0.25, 0.3) is 5.91 Å². The van der Waals surface area contributed by atoms with Crippen LogP contribution in [0.4, 0.5) is 0 Å². The summed E-state index contributed by atoms with van der Waals surface area (Å²) in [4.78, 5) is 31.8. The van der Waals surface area contributed by atoms with Crippen LogP contribution in [0.25, 0.3) is 11.0 Å². The van der Waals surface area contributed by atoms with Crippen molar-refractivity contribution in [3.8, 4) is 11.5 Å². The van der Waals surface area contributed by atoms with Crippen LogP contribution in [0.15, 0.2) is 51.7 Å². The predicted octanol–water partition coefficient (Wildman–Crippen LogP) is 6.04. The molecule has 0 N–H and O–H groups in total. The fraction of sp³-hybridized carbons (Fsp3) is 0.484. The molecule has 1 aromatic heterocycles. The molecule has 1 unspecified atom stereocenters. The number of carbonyl (C=O) groups excluding carboxylic acids is 1. The Hall–Kier alpha value is -3.32. The molecule has 1 aliphatic heterocycles. The van der Waals surface area contributed by atoms with Crippen LogP contribution in [-0.4, -0.2) is 55.6 Å². The predicted molar refractivity (Wildman–Crippen MR) is 150 cm³/mol. The maximum absolute atomic E-state index is 13.7. The van der Waals surface area contributed by atoms with Gasteiger partial charge < -0.3 is 23.7 Å². The molecule has 0 aliphatic carbocycles. The smallest absolute Gasteiger partial charge is 0.290 e. The molecule has 2 aromatic carbocycles. The highest BCUT2D eigenvalue weighted by atomic mass is 16.5. The highest BCUT2D eigenvalue weighted by molar-refractivity contribution is 5.99. The second-order valence-electron chi connectivity index (χ2n) is 9.82. The second kappa shape index (κ2) is 13.0. The van der Waals surface area contributed by atoms with Crippen molar-refractivity contribution in [2.75, 3.05) is 39.9 Å². The molecule has 38 heavy (non-hydrogen) atoms. The molecule has 7 heteroatoms. The quantitative estimate of drug-likeness (QED) is 0.258. The Morgan fingerprint density at radius 1 is 0.921 bits per heavy atom. The minimum absolute atomic E-state index is 0.139. The van der Waals surface area contributed by atoms with Crippen LogP contribution in [0, 0.1) is 0 Å². The molecule has 4 rings (SSSR count). The van der Waals surface area contributed by atoms with E-state index in [2.05, 4.69) is 18.7 Å². The number of amides is 1. The number of rotatable bonds is 14. The monoisotopic (exact) mass is 520 g/mol. The minimum Gasteiger partial charge on any atom is -0.493 e. The Morgan fingerprint density at radius 2 is 1.63 bits per heavy atom. The molecular weight excluding hydrogens is 480 g/mol. The summed E-state index contributed by atoms with van der Waals surface area (Å²) < 4.78 is 17.4. The lowest BCUT2D eigenvalue weighted by atomic mass is 9.98. The van der Waals surface area contributed by atoms with Gasteiger partial charge in [0.2, 0.25) is 5.76 Å². The number of hydrogen-bond donors (Lipinski definition) is 0. The molecule has 1 atom stereocenters. The van der Waals surface area contributed by atoms with Crippen LogP contribution >= 0.6 is 0 Å². The van der Waals surface area contributed by atoms with Crippen LogP contribution in [0.2, 0.25) is 0 Å². The number of carbonyl (C=O) groups is 1. The third kappa shape index (κ3) is 5.73. The van der Waals surface area contributed by atoms with E-state index in [0.717, 1.165) is 57.3 Å². The number of ether oxygens (including phenoxy) is 2. The van der Waals surface area contributed by atoms with Gasteiger partial charge in [-0.05, 0) is 75.6 Å². The standard InChI is InChI=1S/C31H40N2O5/c1-5-8-17-32(18-9-6-2)19-12-20-33-28(22-15-16-25(37-7-3)26(21-22)36-4)27-29(34)23-13-10-11-14-24(23)38-30(27)31(33)35/h10-11,13-16,21,28H,5-9,12,17-20H2,1-4H3. The third-order valence-corrected chi connectivity index (χ3v) is 7.21. The van der Waals surface area contributed by atoms with E-state index in [1.165, 1.54) is 0 Å². The summed E-state index contributed by atoms with van der Waals surface area (Å²) in [5.41, 5.74) is 1.46. The topological polar surface area (TPSA) is 72.2 Å². The summed E-state index contributed by atoms with van der Waals surface area (Å²) in [6, 6.07) is 12.2. The van der Waals surface area contributed by atoms with Crippen molar-refractivity contribution in [1.82, 2.24) is 9.80 Å². The van der Waals surface area contributed by atoms with Crippen LogP contribution < -0.4 is 14.9 Å². The number of methoxy groups -OCH3 is 1. The third-order valence-electron chi connectivity index (χ3n) is 7.21. The van der Waals surface area contributed by atoms with Gasteiger partial charge in [0.05, 0.1) is 30.7 Å². The zero-order chi connectivity index (χ0) is 27.1. The summed E-state index contributed by atoms with van der Waals surface area (Å²) in [5.74, 6) is 1.10. The van der Waals surface area contributed by atoms with Crippen molar-refractivity contribution >= 4 is 16.9 Å². The van der Waals surface area contributed by atoms with Gasteiger partial charge in [-0.3, -0.25) is 9.59 Å². The number of nitrogens with zero attached hydrogens (tertiary/aromatic N) is 2. The molecule has 1 amide bonds. The van der Waals surface area contributed by atoms with Gasteiger partial charge in [-0.25, -0.2) is 0 Å². The number of unbranched alkanes of at least 4 members (excludes halogenated alkanes) is 2. The molecule has 0 bridgehead atoms. The number of benzene rings is 2. The largest absolute Gasteiger partial charge is 0.493 e. The van der Waals surface area contributed by atoms with E-state index in [0.29, 0.717) is 41.2 Å². The summed E-state index contributed by atoms with van der Waals surface area (Å²) in [6.07, 6.45) is 5.46. The number of para-hydroxylation sites is 1. The molecule has 204 valence electrons. The lowest BCUT2D eigenvalue weighted by molar-refractivity contribution is 0.0719. The maximum atomic E-state index is 13.7. The summed E-state index contributed by atoms with van der Waals surface area (Å²) in [6.45, 7) is 10.4. The first-order chi connectivity index (χ1) is 18.5. The molecule has 0 saturated heterocycles. The zero-order valence-electron chi connectivity index (χ0n) is 23.1. The van der Waals surface area contributed by atoms with Crippen LogP contribution in [-0.2, 0) is 0 Å². The fourth-order valence-electron chi connectivity index (χ4n) is 5.24. The lowest BCUT2D eigenvalue weighted by Crippen LogP contribution is -2.34. The van der Waals surface area contributed by atoms with E-state index in [-0.39, 0.29) is 17.1 Å². The molecule has 1 aliphatic rings. The van der Waals surface area contributed by atoms with E-state index in [1.54, 1.807) is 24.1 Å². The second-order valence-corrected chi connectivity index (χ2v) is 9.82. The Morgan fingerprint density at radius 3 is 2.32 bits per heavy atom. The average Bonchev–Trinajstić information content (AvgIpc) is 3.21. The Kier molecular flexibility index (Phi) is 9.45. The van der Waals surface area contributed by atoms with E-state index < -0.39 is 6.04 Å². The van der Waals surface area contributed by atoms with Gasteiger partial charge in [0.1, 0.15) is 5.58 Å². The average molecular weight is 521 g/mol. The number of hydrogen-bond acceptors (Lipinski definition) is 6. The normalized spacial score (nSPS) is 14.9. The Balaban J connectivity index is 1.70. The van der Waals surface area contributed by atoms with Crippen molar-refractivity contribution in [2.45, 2.75) is 58.9 Å². The van der Waals surface area contributed by atoms with E-state index >= 15 is 0 Å². The lowest BCUT2D eigenvalue weighted by Gasteiger charge is -2.28. The van der Waals surface area contributed by atoms with Crippen molar-refractivity contribution in [3.05, 3.63) is 69.6 Å². The first-order valence-corrected chi connectivity index (χ1v) is 13.9. The van der Waals surface area contributed by atoms with Crippen molar-refractivity contribution in [3.63, 3.8) is 0 Å². The first kappa shape index (κ1) is 27.7. The number of fused-ring (bicyclic) bond motifs is 2. The van der Waals surface area contributed by atoms with Gasteiger partial charge in [-0.1, -0.05) is 44.9 Å². The molecule has 0 saturated carbocycles. The van der Waals surface area contributed by atoms with Gasteiger partial charge in [0.15, 0.2) is 16.9 Å². The molecule has 0 spiro atoms. The zero-order valence-corrected chi connectivity index (χ0v) is 23.1. The summed E-state index contributed by atoms with van der Waals surface area (Å²) in [7, 11) is 1.59. The van der Waals surface area contributed by atoms with Crippen LogP contribution in [0.1, 0.15) is 80.6 Å². The first-order valence-electron chi connectivity index (χ1n) is 13.9. The van der Waals surface area contributed by atoms with Gasteiger partial charge in [0, 0.05) is 6.54 Å². The maximum Gasteiger partial charge on any atom is 0.290 e. The van der Waals surface area contributed by atoms with E-state index in [9.17, 15) is 9.59 Å². The van der Waals surface area contributed by atoms with Gasteiger partial charge in [-0.2, -0.15) is 0 Å². The highest BCUT2D eigenvalue weighted by Crippen LogP contribution is 2.41.